The lowest BCUT2D eigenvalue weighted by atomic mass is 10.1. The van der Waals surface area contributed by atoms with Crippen molar-refractivity contribution in [2.24, 2.45) is 0 Å². The van der Waals surface area contributed by atoms with Crippen molar-refractivity contribution >= 4 is 43.9 Å². The Hall–Kier alpha value is -2.21. The summed E-state index contributed by atoms with van der Waals surface area (Å²) in [6.07, 6.45) is 1.62. The first kappa shape index (κ1) is 13.8. The molecule has 3 nitrogen and oxygen atoms in total. The number of hydrogen-bond acceptors (Lipinski definition) is 3. The molecular formula is C15H10BrF2N3. The van der Waals surface area contributed by atoms with Crippen molar-refractivity contribution in [2.45, 2.75) is 0 Å². The third-order valence-corrected chi connectivity index (χ3v) is 3.48. The average molecular weight is 350 g/mol. The number of fused-ring (bicyclic) bond motifs is 1. The average Bonchev–Trinajstić information content (AvgIpc) is 2.46. The van der Waals surface area contributed by atoms with Crippen molar-refractivity contribution in [3.05, 3.63) is 58.7 Å². The molecule has 2 aromatic carbocycles. The molecule has 0 amide bonds. The van der Waals surface area contributed by atoms with Crippen molar-refractivity contribution in [3.8, 4) is 0 Å². The van der Waals surface area contributed by atoms with Crippen LogP contribution in [0, 0.1) is 11.6 Å². The molecule has 106 valence electrons. The normalized spacial score (nSPS) is 10.8. The predicted octanol–water partition coefficient (Wildman–Crippen LogP) is 4.60. The Morgan fingerprint density at radius 2 is 1.86 bits per heavy atom. The van der Waals surface area contributed by atoms with Crippen molar-refractivity contribution in [2.75, 3.05) is 11.1 Å². The van der Waals surface area contributed by atoms with Crippen molar-refractivity contribution in [3.63, 3.8) is 0 Å². The number of rotatable bonds is 2. The van der Waals surface area contributed by atoms with Crippen LogP contribution in [-0.4, -0.2) is 4.98 Å². The van der Waals surface area contributed by atoms with Gasteiger partial charge in [-0.25, -0.2) is 8.78 Å². The van der Waals surface area contributed by atoms with E-state index in [1.54, 1.807) is 18.3 Å². The van der Waals surface area contributed by atoms with E-state index in [4.69, 9.17) is 5.73 Å². The number of nitrogens with one attached hydrogen (secondary N) is 1. The van der Waals surface area contributed by atoms with Crippen LogP contribution in [0.2, 0.25) is 0 Å². The number of hydrogen-bond donors (Lipinski definition) is 2. The molecule has 0 fully saturated rings. The van der Waals surface area contributed by atoms with Crippen molar-refractivity contribution in [1.82, 2.24) is 4.98 Å². The standard InChI is InChI=1S/C15H10BrF2N3/c16-8-5-10-12(19)3-4-13(15(10)20-7-8)21-14-6-9(17)1-2-11(14)18/h1-7,21H,19H2. The van der Waals surface area contributed by atoms with Gasteiger partial charge in [0.2, 0.25) is 0 Å². The number of benzene rings is 2. The first-order valence-corrected chi connectivity index (χ1v) is 6.90. The van der Waals surface area contributed by atoms with E-state index in [-0.39, 0.29) is 5.69 Å². The Kier molecular flexibility index (Phi) is 3.47. The molecule has 1 aromatic heterocycles. The third kappa shape index (κ3) is 2.67. The number of aromatic nitrogens is 1. The smallest absolute Gasteiger partial charge is 0.146 e. The van der Waals surface area contributed by atoms with Gasteiger partial charge >= 0.3 is 0 Å². The van der Waals surface area contributed by atoms with Crippen LogP contribution < -0.4 is 11.1 Å². The van der Waals surface area contributed by atoms with Gasteiger partial charge in [0, 0.05) is 27.8 Å². The third-order valence-electron chi connectivity index (χ3n) is 3.05. The minimum absolute atomic E-state index is 0.0470. The molecule has 0 unspecified atom stereocenters. The summed E-state index contributed by atoms with van der Waals surface area (Å²) >= 11 is 3.33. The summed E-state index contributed by atoms with van der Waals surface area (Å²) in [6.45, 7) is 0. The van der Waals surface area contributed by atoms with E-state index in [1.807, 2.05) is 6.07 Å². The highest BCUT2D eigenvalue weighted by molar-refractivity contribution is 9.10. The second kappa shape index (κ2) is 5.29. The summed E-state index contributed by atoms with van der Waals surface area (Å²) in [7, 11) is 0. The predicted molar refractivity (Wildman–Crippen MR) is 83.5 cm³/mol. The number of pyridine rings is 1. The van der Waals surface area contributed by atoms with E-state index >= 15 is 0 Å². The summed E-state index contributed by atoms with van der Waals surface area (Å²) in [5.41, 5.74) is 7.66. The second-order valence-corrected chi connectivity index (χ2v) is 5.42. The molecule has 0 atom stereocenters. The van der Waals surface area contributed by atoms with Gasteiger partial charge in [0.15, 0.2) is 0 Å². The van der Waals surface area contributed by atoms with Crippen LogP contribution in [0.25, 0.3) is 10.9 Å². The van der Waals surface area contributed by atoms with Crippen LogP contribution in [0.15, 0.2) is 47.1 Å². The fraction of sp³-hybridized carbons (Fsp3) is 0. The second-order valence-electron chi connectivity index (χ2n) is 4.50. The molecule has 0 spiro atoms. The fourth-order valence-electron chi connectivity index (χ4n) is 2.06. The van der Waals surface area contributed by atoms with Crippen molar-refractivity contribution in [1.29, 1.82) is 0 Å². The number of anilines is 3. The highest BCUT2D eigenvalue weighted by atomic mass is 79.9. The maximum absolute atomic E-state index is 13.7. The molecule has 0 aliphatic heterocycles. The van der Waals surface area contributed by atoms with Gasteiger partial charge in [0.1, 0.15) is 11.6 Å². The molecular weight excluding hydrogens is 340 g/mol. The van der Waals surface area contributed by atoms with Gasteiger partial charge in [0.25, 0.3) is 0 Å². The lowest BCUT2D eigenvalue weighted by Crippen LogP contribution is -1.98. The monoisotopic (exact) mass is 349 g/mol. The highest BCUT2D eigenvalue weighted by Crippen LogP contribution is 2.31. The van der Waals surface area contributed by atoms with Gasteiger partial charge in [-0.1, -0.05) is 0 Å². The largest absolute Gasteiger partial charge is 0.398 e. The van der Waals surface area contributed by atoms with E-state index in [2.05, 4.69) is 26.2 Å². The van der Waals surface area contributed by atoms with Crippen molar-refractivity contribution < 1.29 is 8.78 Å². The summed E-state index contributed by atoms with van der Waals surface area (Å²) in [5.74, 6) is -1.06. The van der Waals surface area contributed by atoms with Crippen LogP contribution in [0.1, 0.15) is 0 Å². The molecule has 0 aliphatic carbocycles. The zero-order valence-corrected chi connectivity index (χ0v) is 12.3. The molecule has 6 heteroatoms. The molecule has 0 saturated heterocycles. The zero-order chi connectivity index (χ0) is 15.0. The van der Waals surface area contributed by atoms with Gasteiger partial charge in [0.05, 0.1) is 16.9 Å². The lowest BCUT2D eigenvalue weighted by molar-refractivity contribution is 0.603. The van der Waals surface area contributed by atoms with Gasteiger partial charge in [-0.2, -0.15) is 0 Å². The molecule has 1 heterocycles. The van der Waals surface area contributed by atoms with E-state index in [1.165, 1.54) is 0 Å². The Labute approximate surface area is 127 Å². The van der Waals surface area contributed by atoms with Crippen LogP contribution in [0.5, 0.6) is 0 Å². The maximum Gasteiger partial charge on any atom is 0.146 e. The van der Waals surface area contributed by atoms with Gasteiger partial charge in [-0.15, -0.1) is 0 Å². The molecule has 3 rings (SSSR count). The summed E-state index contributed by atoms with van der Waals surface area (Å²) in [6, 6.07) is 8.43. The summed E-state index contributed by atoms with van der Waals surface area (Å²) in [4.78, 5) is 4.28. The van der Waals surface area contributed by atoms with E-state index < -0.39 is 11.6 Å². The number of nitrogen functional groups attached to an aromatic ring is 1. The van der Waals surface area contributed by atoms with E-state index in [9.17, 15) is 8.78 Å². The minimum atomic E-state index is -0.543. The van der Waals surface area contributed by atoms with Gasteiger partial charge < -0.3 is 11.1 Å². The SMILES string of the molecule is Nc1ccc(Nc2cc(F)ccc2F)c2ncc(Br)cc12. The summed E-state index contributed by atoms with van der Waals surface area (Å²) in [5, 5.41) is 3.58. The van der Waals surface area contributed by atoms with Crippen LogP contribution in [-0.2, 0) is 0 Å². The number of nitrogens with two attached hydrogens (primary N) is 1. The maximum atomic E-state index is 13.7. The van der Waals surface area contributed by atoms with Gasteiger partial charge in [-0.05, 0) is 46.3 Å². The topological polar surface area (TPSA) is 50.9 Å². The Bertz CT molecular complexity index is 837. The van der Waals surface area contributed by atoms with E-state index in [0.717, 1.165) is 28.1 Å². The highest BCUT2D eigenvalue weighted by Gasteiger charge is 2.09. The van der Waals surface area contributed by atoms with Gasteiger partial charge in [-0.3, -0.25) is 4.98 Å². The quantitative estimate of drug-likeness (QED) is 0.664. The molecule has 21 heavy (non-hydrogen) atoms. The van der Waals surface area contributed by atoms with Crippen LogP contribution >= 0.6 is 15.9 Å². The molecule has 0 aliphatic rings. The number of halogens is 3. The zero-order valence-electron chi connectivity index (χ0n) is 10.7. The molecule has 0 radical (unpaired) electrons. The molecule has 0 bridgehead atoms. The summed E-state index contributed by atoms with van der Waals surface area (Å²) < 4.78 is 27.7. The lowest BCUT2D eigenvalue weighted by Gasteiger charge is -2.11. The minimum Gasteiger partial charge on any atom is -0.398 e. The molecule has 3 N–H and O–H groups in total. The first-order valence-electron chi connectivity index (χ1n) is 6.10. The number of nitrogens with zero attached hydrogens (tertiary/aromatic N) is 1. The first-order chi connectivity index (χ1) is 10.0. The Morgan fingerprint density at radius 1 is 1.05 bits per heavy atom. The van der Waals surface area contributed by atoms with Crippen LogP contribution in [0.4, 0.5) is 25.8 Å². The Morgan fingerprint density at radius 3 is 2.67 bits per heavy atom. The molecule has 0 saturated carbocycles. The van der Waals surface area contributed by atoms with E-state index in [0.29, 0.717) is 16.9 Å². The Balaban J connectivity index is 2.13. The molecule has 3 aromatic rings. The fourth-order valence-corrected chi connectivity index (χ4v) is 2.39. The van der Waals surface area contributed by atoms with Crippen LogP contribution in [0.3, 0.4) is 0 Å².